The first-order chi connectivity index (χ1) is 14.2. The summed E-state index contributed by atoms with van der Waals surface area (Å²) in [6.45, 7) is 7.08. The summed E-state index contributed by atoms with van der Waals surface area (Å²) in [6.07, 6.45) is 8.81. The fourth-order valence-corrected chi connectivity index (χ4v) is 4.64. The van der Waals surface area contributed by atoms with E-state index in [4.69, 9.17) is 0 Å². The normalized spacial score (nSPS) is 21.3. The fourth-order valence-electron chi connectivity index (χ4n) is 4.64. The molecule has 29 heavy (non-hydrogen) atoms. The van der Waals surface area contributed by atoms with Gasteiger partial charge >= 0.3 is 0 Å². The minimum Gasteiger partial charge on any atom is -0.356 e. The van der Waals surface area contributed by atoms with Crippen LogP contribution in [0.5, 0.6) is 0 Å². The van der Waals surface area contributed by atoms with Crippen molar-refractivity contribution in [2.45, 2.75) is 38.5 Å². The zero-order chi connectivity index (χ0) is 20.1. The summed E-state index contributed by atoms with van der Waals surface area (Å²) in [5, 5.41) is 0. The molecule has 1 aromatic heterocycles. The van der Waals surface area contributed by atoms with Gasteiger partial charge in [0.2, 0.25) is 5.91 Å². The van der Waals surface area contributed by atoms with E-state index in [1.807, 2.05) is 21.9 Å². The number of pyridine rings is 1. The summed E-state index contributed by atoms with van der Waals surface area (Å²) in [5.41, 5.74) is 0.712. The van der Waals surface area contributed by atoms with Gasteiger partial charge < -0.3 is 14.7 Å². The largest absolute Gasteiger partial charge is 0.356 e. The van der Waals surface area contributed by atoms with Crippen LogP contribution in [-0.2, 0) is 4.79 Å². The number of amides is 2. The molecule has 0 N–H and O–H groups in total. The molecule has 3 saturated heterocycles. The summed E-state index contributed by atoms with van der Waals surface area (Å²) in [5.74, 6) is 1.14. The van der Waals surface area contributed by atoms with Gasteiger partial charge in [-0.25, -0.2) is 4.98 Å². The van der Waals surface area contributed by atoms with Crippen LogP contribution < -0.4 is 4.90 Å². The molecule has 7 heteroatoms. The van der Waals surface area contributed by atoms with Crippen LogP contribution in [0.3, 0.4) is 0 Å². The van der Waals surface area contributed by atoms with Crippen LogP contribution in [0.25, 0.3) is 0 Å². The third-order valence-electron chi connectivity index (χ3n) is 6.40. The van der Waals surface area contributed by atoms with Crippen molar-refractivity contribution in [3.8, 4) is 0 Å². The molecule has 0 aromatic carbocycles. The highest BCUT2D eigenvalue weighted by molar-refractivity contribution is 5.99. The Kier molecular flexibility index (Phi) is 6.64. The van der Waals surface area contributed by atoms with E-state index in [0.717, 1.165) is 70.8 Å². The number of nitrogens with zero attached hydrogens (tertiary/aromatic N) is 5. The van der Waals surface area contributed by atoms with E-state index in [0.29, 0.717) is 25.2 Å². The van der Waals surface area contributed by atoms with Gasteiger partial charge in [0.15, 0.2) is 0 Å². The van der Waals surface area contributed by atoms with E-state index in [1.165, 1.54) is 12.8 Å². The van der Waals surface area contributed by atoms with Gasteiger partial charge in [-0.1, -0.05) is 12.8 Å². The second-order valence-corrected chi connectivity index (χ2v) is 8.43. The monoisotopic (exact) mass is 399 g/mol. The molecule has 0 spiro atoms. The van der Waals surface area contributed by atoms with Gasteiger partial charge in [0.25, 0.3) is 5.91 Å². The first kappa shape index (κ1) is 20.1. The van der Waals surface area contributed by atoms with Gasteiger partial charge in [0, 0.05) is 58.6 Å². The predicted molar refractivity (Wildman–Crippen MR) is 113 cm³/mol. The second-order valence-electron chi connectivity index (χ2n) is 8.43. The van der Waals surface area contributed by atoms with Gasteiger partial charge in [-0.3, -0.25) is 14.5 Å². The average molecular weight is 400 g/mol. The third kappa shape index (κ3) is 4.89. The van der Waals surface area contributed by atoms with Crippen molar-refractivity contribution < 1.29 is 9.59 Å². The zero-order valence-electron chi connectivity index (χ0n) is 17.4. The molecule has 3 fully saturated rings. The van der Waals surface area contributed by atoms with E-state index in [1.54, 1.807) is 6.20 Å². The van der Waals surface area contributed by atoms with Crippen molar-refractivity contribution in [3.63, 3.8) is 0 Å². The Bertz CT molecular complexity index is 703. The maximum Gasteiger partial charge on any atom is 0.257 e. The standard InChI is InChI=1S/C22H33N5O2/c28-20(25-10-3-1-2-4-11-25)18-24-14-16-27(17-15-24)22(29)19-8-7-9-23-21(19)26-12-5-6-13-26/h7-9H,1-6,10-18H2. The number of carbonyl (C=O) groups excluding carboxylic acids is 2. The molecule has 3 aliphatic rings. The second kappa shape index (κ2) is 9.57. The van der Waals surface area contributed by atoms with Gasteiger partial charge in [-0.05, 0) is 37.8 Å². The van der Waals surface area contributed by atoms with Crippen LogP contribution in [0.15, 0.2) is 18.3 Å². The highest BCUT2D eigenvalue weighted by Crippen LogP contribution is 2.23. The number of piperazine rings is 1. The molecule has 2 amide bonds. The van der Waals surface area contributed by atoms with Crippen molar-refractivity contribution in [1.82, 2.24) is 19.7 Å². The zero-order valence-corrected chi connectivity index (χ0v) is 17.4. The summed E-state index contributed by atoms with van der Waals surface area (Å²) < 4.78 is 0. The van der Waals surface area contributed by atoms with E-state index >= 15 is 0 Å². The lowest BCUT2D eigenvalue weighted by molar-refractivity contribution is -0.132. The molecule has 4 rings (SSSR count). The molecule has 0 aliphatic carbocycles. The van der Waals surface area contributed by atoms with Crippen LogP contribution in [0.1, 0.15) is 48.9 Å². The topological polar surface area (TPSA) is 60.0 Å². The molecule has 158 valence electrons. The smallest absolute Gasteiger partial charge is 0.257 e. The van der Waals surface area contributed by atoms with Crippen molar-refractivity contribution in [3.05, 3.63) is 23.9 Å². The van der Waals surface area contributed by atoms with E-state index in [-0.39, 0.29) is 11.8 Å². The van der Waals surface area contributed by atoms with Crippen molar-refractivity contribution in [2.75, 3.05) is 63.8 Å². The summed E-state index contributed by atoms with van der Waals surface area (Å²) in [7, 11) is 0. The Morgan fingerprint density at radius 3 is 2.14 bits per heavy atom. The van der Waals surface area contributed by atoms with Crippen LogP contribution in [0, 0.1) is 0 Å². The summed E-state index contributed by atoms with van der Waals surface area (Å²) >= 11 is 0. The highest BCUT2D eigenvalue weighted by Gasteiger charge is 2.28. The minimum absolute atomic E-state index is 0.0681. The first-order valence-electron chi connectivity index (χ1n) is 11.2. The highest BCUT2D eigenvalue weighted by atomic mass is 16.2. The molecule has 7 nitrogen and oxygen atoms in total. The average Bonchev–Trinajstić information content (AvgIpc) is 3.15. The maximum absolute atomic E-state index is 13.2. The van der Waals surface area contributed by atoms with E-state index in [2.05, 4.69) is 14.8 Å². The molecule has 4 heterocycles. The summed E-state index contributed by atoms with van der Waals surface area (Å²) in [6, 6.07) is 3.75. The molecule has 0 radical (unpaired) electrons. The molecular formula is C22H33N5O2. The van der Waals surface area contributed by atoms with Crippen LogP contribution in [0.4, 0.5) is 5.82 Å². The Balaban J connectivity index is 1.31. The van der Waals surface area contributed by atoms with Crippen LogP contribution in [-0.4, -0.2) is 90.4 Å². The van der Waals surface area contributed by atoms with Crippen LogP contribution >= 0.6 is 0 Å². The molecule has 1 aromatic rings. The minimum atomic E-state index is 0.0681. The van der Waals surface area contributed by atoms with E-state index < -0.39 is 0 Å². The molecule has 0 atom stereocenters. The predicted octanol–water partition coefficient (Wildman–Crippen LogP) is 1.84. The number of hydrogen-bond acceptors (Lipinski definition) is 5. The Hall–Kier alpha value is -2.15. The van der Waals surface area contributed by atoms with E-state index in [9.17, 15) is 9.59 Å². The Morgan fingerprint density at radius 2 is 1.45 bits per heavy atom. The number of aromatic nitrogens is 1. The van der Waals surface area contributed by atoms with Crippen molar-refractivity contribution >= 4 is 17.6 Å². The Labute approximate surface area is 173 Å². The van der Waals surface area contributed by atoms with Crippen LogP contribution in [0.2, 0.25) is 0 Å². The number of likely N-dealkylation sites (tertiary alicyclic amines) is 1. The van der Waals surface area contributed by atoms with Crippen molar-refractivity contribution in [1.29, 1.82) is 0 Å². The van der Waals surface area contributed by atoms with Crippen molar-refractivity contribution in [2.24, 2.45) is 0 Å². The van der Waals surface area contributed by atoms with Gasteiger partial charge in [0.1, 0.15) is 5.82 Å². The number of rotatable bonds is 4. The SMILES string of the molecule is O=C(CN1CCN(C(=O)c2cccnc2N2CCCC2)CC1)N1CCCCCC1. The number of carbonyl (C=O) groups is 2. The number of anilines is 1. The lowest BCUT2D eigenvalue weighted by atomic mass is 10.2. The van der Waals surface area contributed by atoms with Gasteiger partial charge in [-0.15, -0.1) is 0 Å². The quantitative estimate of drug-likeness (QED) is 0.773. The third-order valence-corrected chi connectivity index (χ3v) is 6.40. The lowest BCUT2D eigenvalue weighted by Gasteiger charge is -2.35. The molecule has 0 unspecified atom stereocenters. The Morgan fingerprint density at radius 1 is 0.793 bits per heavy atom. The van der Waals surface area contributed by atoms with Gasteiger partial charge in [0.05, 0.1) is 12.1 Å². The molecular weight excluding hydrogens is 366 g/mol. The molecule has 3 aliphatic heterocycles. The maximum atomic E-state index is 13.2. The molecule has 0 saturated carbocycles. The summed E-state index contributed by atoms with van der Waals surface area (Å²) in [4.78, 5) is 38.7. The fraction of sp³-hybridized carbons (Fsp3) is 0.682. The lowest BCUT2D eigenvalue weighted by Crippen LogP contribution is -2.51. The first-order valence-corrected chi connectivity index (χ1v) is 11.2. The number of hydrogen-bond donors (Lipinski definition) is 0. The molecule has 0 bridgehead atoms. The van der Waals surface area contributed by atoms with Gasteiger partial charge in [-0.2, -0.15) is 0 Å².